The summed E-state index contributed by atoms with van der Waals surface area (Å²) in [7, 11) is 1.74. The lowest BCUT2D eigenvalue weighted by Gasteiger charge is -2.09. The van der Waals surface area contributed by atoms with Crippen LogP contribution in [0.4, 0.5) is 0 Å². The monoisotopic (exact) mass is 242 g/mol. The molecular weight excluding hydrogens is 220 g/mol. The average molecular weight is 242 g/mol. The maximum Gasteiger partial charge on any atom is 0.168 e. The third-order valence-electron chi connectivity index (χ3n) is 2.49. The molecule has 1 aromatic heterocycles. The van der Waals surface area contributed by atoms with Crippen LogP contribution < -0.4 is 0 Å². The summed E-state index contributed by atoms with van der Waals surface area (Å²) in [6.45, 7) is 10.3. The summed E-state index contributed by atoms with van der Waals surface area (Å²) >= 11 is 1.84. The molecule has 1 rings (SSSR count). The first-order valence-electron chi connectivity index (χ1n) is 5.71. The minimum Gasteiger partial charge on any atom is -0.383 e. The minimum absolute atomic E-state index is 0.693. The molecule has 0 aliphatic carbocycles. The highest BCUT2D eigenvalue weighted by Crippen LogP contribution is 2.22. The van der Waals surface area contributed by atoms with Crippen LogP contribution in [-0.4, -0.2) is 29.0 Å². The second-order valence-corrected chi connectivity index (χ2v) is 5.40. The number of hydrogen-bond acceptors (Lipinski definition) is 3. The van der Waals surface area contributed by atoms with E-state index in [1.807, 2.05) is 11.8 Å². The Bertz CT molecular complexity index is 334. The molecule has 4 heteroatoms. The van der Waals surface area contributed by atoms with Crippen molar-refractivity contribution in [3.05, 3.63) is 11.4 Å². The molecule has 0 atom stereocenters. The molecule has 0 unspecified atom stereocenters. The summed E-state index contributed by atoms with van der Waals surface area (Å²) in [5.74, 6) is 1.81. The maximum absolute atomic E-state index is 5.13. The SMILES string of the molecule is COCCn1c(SCC(C)C)nc(C)c1C. The van der Waals surface area contributed by atoms with Gasteiger partial charge < -0.3 is 9.30 Å². The quantitative estimate of drug-likeness (QED) is 0.718. The number of aromatic nitrogens is 2. The van der Waals surface area contributed by atoms with Gasteiger partial charge in [0.05, 0.1) is 12.3 Å². The summed E-state index contributed by atoms with van der Waals surface area (Å²) in [5.41, 5.74) is 2.38. The van der Waals surface area contributed by atoms with Gasteiger partial charge in [-0.3, -0.25) is 0 Å². The third kappa shape index (κ3) is 3.52. The van der Waals surface area contributed by atoms with Gasteiger partial charge in [0.2, 0.25) is 0 Å². The Morgan fingerprint density at radius 3 is 2.62 bits per heavy atom. The molecule has 0 aliphatic rings. The highest BCUT2D eigenvalue weighted by atomic mass is 32.2. The van der Waals surface area contributed by atoms with Crippen LogP contribution in [0.1, 0.15) is 25.2 Å². The molecule has 0 radical (unpaired) electrons. The molecule has 0 amide bonds. The fraction of sp³-hybridized carbons (Fsp3) is 0.750. The van der Waals surface area contributed by atoms with E-state index in [0.717, 1.165) is 29.8 Å². The van der Waals surface area contributed by atoms with E-state index >= 15 is 0 Å². The largest absolute Gasteiger partial charge is 0.383 e. The molecule has 0 fully saturated rings. The number of rotatable bonds is 6. The number of nitrogens with zero attached hydrogens (tertiary/aromatic N) is 2. The van der Waals surface area contributed by atoms with Crippen LogP contribution in [0.2, 0.25) is 0 Å². The van der Waals surface area contributed by atoms with Crippen molar-refractivity contribution in [3.63, 3.8) is 0 Å². The van der Waals surface area contributed by atoms with Gasteiger partial charge in [-0.05, 0) is 19.8 Å². The van der Waals surface area contributed by atoms with Crippen LogP contribution in [0, 0.1) is 19.8 Å². The Morgan fingerprint density at radius 1 is 1.38 bits per heavy atom. The van der Waals surface area contributed by atoms with E-state index in [1.54, 1.807) is 7.11 Å². The Balaban J connectivity index is 2.77. The van der Waals surface area contributed by atoms with E-state index in [1.165, 1.54) is 5.69 Å². The first-order chi connectivity index (χ1) is 7.56. The van der Waals surface area contributed by atoms with Crippen LogP contribution in [0.5, 0.6) is 0 Å². The number of methoxy groups -OCH3 is 1. The molecule has 0 aromatic carbocycles. The number of aryl methyl sites for hydroxylation is 1. The normalized spacial score (nSPS) is 11.4. The zero-order chi connectivity index (χ0) is 12.1. The lowest BCUT2D eigenvalue weighted by molar-refractivity contribution is 0.184. The van der Waals surface area contributed by atoms with E-state index in [0.29, 0.717) is 5.92 Å². The standard InChI is InChI=1S/C12H22N2OS/c1-9(2)8-16-12-13-10(3)11(4)14(12)6-7-15-5/h9H,6-8H2,1-5H3. The fourth-order valence-corrected chi connectivity index (χ4v) is 2.49. The summed E-state index contributed by atoms with van der Waals surface area (Å²) in [4.78, 5) is 4.61. The van der Waals surface area contributed by atoms with Crippen LogP contribution in [0.3, 0.4) is 0 Å². The van der Waals surface area contributed by atoms with E-state index in [4.69, 9.17) is 4.74 Å². The van der Waals surface area contributed by atoms with E-state index < -0.39 is 0 Å². The predicted octanol–water partition coefficient (Wildman–Crippen LogP) is 2.89. The molecule has 1 heterocycles. The average Bonchev–Trinajstić information content (AvgIpc) is 2.50. The van der Waals surface area contributed by atoms with Gasteiger partial charge in [0.1, 0.15) is 0 Å². The smallest absolute Gasteiger partial charge is 0.168 e. The molecule has 1 aromatic rings. The topological polar surface area (TPSA) is 27.1 Å². The second kappa shape index (κ2) is 6.30. The number of ether oxygens (including phenoxy) is 1. The Kier molecular flexibility index (Phi) is 5.35. The first-order valence-corrected chi connectivity index (χ1v) is 6.70. The van der Waals surface area contributed by atoms with Crippen molar-refractivity contribution in [2.45, 2.75) is 39.4 Å². The summed E-state index contributed by atoms with van der Waals surface area (Å²) in [6.07, 6.45) is 0. The highest BCUT2D eigenvalue weighted by Gasteiger charge is 2.11. The molecule has 0 bridgehead atoms. The minimum atomic E-state index is 0.693. The maximum atomic E-state index is 5.13. The molecule has 3 nitrogen and oxygen atoms in total. The van der Waals surface area contributed by atoms with Gasteiger partial charge in [-0.15, -0.1) is 0 Å². The number of hydrogen-bond donors (Lipinski definition) is 0. The molecular formula is C12H22N2OS. The van der Waals surface area contributed by atoms with Gasteiger partial charge in [0.25, 0.3) is 0 Å². The van der Waals surface area contributed by atoms with Gasteiger partial charge in [0, 0.05) is 25.1 Å². The van der Waals surface area contributed by atoms with Crippen LogP contribution in [-0.2, 0) is 11.3 Å². The highest BCUT2D eigenvalue weighted by molar-refractivity contribution is 7.99. The molecule has 0 aliphatic heterocycles. The molecule has 16 heavy (non-hydrogen) atoms. The molecule has 92 valence electrons. The van der Waals surface area contributed by atoms with E-state index in [-0.39, 0.29) is 0 Å². The van der Waals surface area contributed by atoms with Crippen molar-refractivity contribution >= 4 is 11.8 Å². The summed E-state index contributed by atoms with van der Waals surface area (Å²) in [6, 6.07) is 0. The summed E-state index contributed by atoms with van der Waals surface area (Å²) in [5, 5.41) is 1.13. The number of thioether (sulfide) groups is 1. The molecule has 0 saturated heterocycles. The van der Waals surface area contributed by atoms with Crippen molar-refractivity contribution in [1.82, 2.24) is 9.55 Å². The Morgan fingerprint density at radius 2 is 2.06 bits per heavy atom. The van der Waals surface area contributed by atoms with Gasteiger partial charge >= 0.3 is 0 Å². The lowest BCUT2D eigenvalue weighted by Crippen LogP contribution is -2.08. The van der Waals surface area contributed by atoms with Gasteiger partial charge in [-0.1, -0.05) is 25.6 Å². The fourth-order valence-electron chi connectivity index (χ4n) is 1.42. The van der Waals surface area contributed by atoms with Crippen LogP contribution in [0.15, 0.2) is 5.16 Å². The van der Waals surface area contributed by atoms with Crippen molar-refractivity contribution in [3.8, 4) is 0 Å². The van der Waals surface area contributed by atoms with Gasteiger partial charge in [-0.2, -0.15) is 0 Å². The van der Waals surface area contributed by atoms with Gasteiger partial charge in [0.15, 0.2) is 5.16 Å². The zero-order valence-corrected chi connectivity index (χ0v) is 11.7. The lowest BCUT2D eigenvalue weighted by atomic mass is 10.3. The predicted molar refractivity (Wildman–Crippen MR) is 69.1 cm³/mol. The van der Waals surface area contributed by atoms with E-state index in [2.05, 4.69) is 37.2 Å². The van der Waals surface area contributed by atoms with Crippen LogP contribution >= 0.6 is 11.8 Å². The first kappa shape index (κ1) is 13.6. The molecule has 0 spiro atoms. The summed E-state index contributed by atoms with van der Waals surface area (Å²) < 4.78 is 7.39. The molecule has 0 saturated carbocycles. The van der Waals surface area contributed by atoms with Crippen molar-refractivity contribution < 1.29 is 4.74 Å². The molecule has 0 N–H and O–H groups in total. The van der Waals surface area contributed by atoms with Gasteiger partial charge in [-0.25, -0.2) is 4.98 Å². The zero-order valence-electron chi connectivity index (χ0n) is 10.9. The Labute approximate surface area is 103 Å². The second-order valence-electron chi connectivity index (χ2n) is 4.41. The third-order valence-corrected chi connectivity index (χ3v) is 3.89. The number of imidazole rings is 1. The van der Waals surface area contributed by atoms with E-state index in [9.17, 15) is 0 Å². The van der Waals surface area contributed by atoms with Crippen molar-refractivity contribution in [2.75, 3.05) is 19.5 Å². The Hall–Kier alpha value is -0.480. The van der Waals surface area contributed by atoms with Crippen LogP contribution in [0.25, 0.3) is 0 Å². The van der Waals surface area contributed by atoms with Crippen molar-refractivity contribution in [1.29, 1.82) is 0 Å². The van der Waals surface area contributed by atoms with Crippen molar-refractivity contribution in [2.24, 2.45) is 5.92 Å².